The smallest absolute Gasteiger partial charge is 0.266 e. The molecule has 1 amide bonds. The van der Waals surface area contributed by atoms with Crippen molar-refractivity contribution in [3.8, 4) is 5.75 Å². The van der Waals surface area contributed by atoms with Crippen molar-refractivity contribution in [3.05, 3.63) is 99.9 Å². The van der Waals surface area contributed by atoms with Gasteiger partial charge in [-0.1, -0.05) is 6.07 Å². The Morgan fingerprint density at radius 2 is 2.00 bits per heavy atom. The molecule has 0 atom stereocenters. The highest BCUT2D eigenvalue weighted by molar-refractivity contribution is 7.13. The van der Waals surface area contributed by atoms with Gasteiger partial charge >= 0.3 is 0 Å². The molecular weight excluding hydrogens is 417 g/mol. The molecular formula is C23H20FN3O3S. The fourth-order valence-corrected chi connectivity index (χ4v) is 3.98. The molecule has 0 aliphatic carbocycles. The normalized spacial score (nSPS) is 10.8. The van der Waals surface area contributed by atoms with E-state index in [-0.39, 0.29) is 18.3 Å². The number of carbonyl (C=O) groups excluding carboxylic acids is 1. The average Bonchev–Trinajstić information content (AvgIpc) is 3.42. The van der Waals surface area contributed by atoms with Gasteiger partial charge in [0.15, 0.2) is 0 Å². The lowest BCUT2D eigenvalue weighted by Crippen LogP contribution is -2.30. The molecule has 3 heterocycles. The van der Waals surface area contributed by atoms with Gasteiger partial charge < -0.3 is 14.1 Å². The monoisotopic (exact) mass is 437 g/mol. The number of ether oxygens (including phenoxy) is 1. The molecule has 0 aliphatic rings. The van der Waals surface area contributed by atoms with Crippen LogP contribution in [0.25, 0.3) is 0 Å². The van der Waals surface area contributed by atoms with E-state index in [0.717, 1.165) is 5.56 Å². The molecule has 31 heavy (non-hydrogen) atoms. The number of hydrogen-bond donors (Lipinski definition) is 0. The highest BCUT2D eigenvalue weighted by Crippen LogP contribution is 2.24. The van der Waals surface area contributed by atoms with E-state index < -0.39 is 0 Å². The quantitative estimate of drug-likeness (QED) is 0.388. The first kappa shape index (κ1) is 20.7. The van der Waals surface area contributed by atoms with Gasteiger partial charge in [-0.15, -0.1) is 11.3 Å². The van der Waals surface area contributed by atoms with Gasteiger partial charge in [0.25, 0.3) is 5.91 Å². The number of rotatable bonds is 8. The summed E-state index contributed by atoms with van der Waals surface area (Å²) < 4.78 is 24.2. The van der Waals surface area contributed by atoms with Crippen LogP contribution in [0, 0.1) is 12.7 Å². The van der Waals surface area contributed by atoms with Gasteiger partial charge in [0.05, 0.1) is 18.5 Å². The number of thiazole rings is 1. The van der Waals surface area contributed by atoms with E-state index in [4.69, 9.17) is 9.15 Å². The standard InChI is InChI=1S/C23H20FN3O3S/c1-16-22(31-21(26-16)15-30-19-8-6-18(24)7-9-19)23(28)27(14-20-5-3-11-29-20)13-17-4-2-10-25-12-17/h2-12H,13-15H2,1H3. The van der Waals surface area contributed by atoms with Crippen molar-refractivity contribution in [2.45, 2.75) is 26.6 Å². The molecule has 0 fully saturated rings. The predicted molar refractivity (Wildman–Crippen MR) is 114 cm³/mol. The van der Waals surface area contributed by atoms with Crippen LogP contribution < -0.4 is 4.74 Å². The number of aryl methyl sites for hydroxylation is 1. The first-order valence-corrected chi connectivity index (χ1v) is 10.5. The van der Waals surface area contributed by atoms with Crippen molar-refractivity contribution in [3.63, 3.8) is 0 Å². The molecule has 0 aliphatic heterocycles. The summed E-state index contributed by atoms with van der Waals surface area (Å²) in [6.45, 7) is 2.73. The molecule has 0 saturated heterocycles. The summed E-state index contributed by atoms with van der Waals surface area (Å²) in [7, 11) is 0. The fraction of sp³-hybridized carbons (Fsp3) is 0.174. The Hall–Kier alpha value is -3.52. The van der Waals surface area contributed by atoms with Gasteiger partial charge in [-0.05, 0) is 55.0 Å². The van der Waals surface area contributed by atoms with Gasteiger partial charge in [-0.25, -0.2) is 9.37 Å². The molecule has 8 heteroatoms. The van der Waals surface area contributed by atoms with E-state index >= 15 is 0 Å². The zero-order valence-electron chi connectivity index (χ0n) is 16.8. The van der Waals surface area contributed by atoms with E-state index in [0.29, 0.717) is 40.2 Å². The third kappa shape index (κ3) is 5.35. The summed E-state index contributed by atoms with van der Waals surface area (Å²) in [6.07, 6.45) is 5.03. The molecule has 3 aromatic heterocycles. The van der Waals surface area contributed by atoms with Crippen molar-refractivity contribution in [2.75, 3.05) is 0 Å². The van der Waals surface area contributed by atoms with Crippen LogP contribution in [0.3, 0.4) is 0 Å². The van der Waals surface area contributed by atoms with Gasteiger partial charge in [-0.3, -0.25) is 9.78 Å². The van der Waals surface area contributed by atoms with E-state index in [1.807, 2.05) is 18.2 Å². The Labute approximate surface area is 183 Å². The number of nitrogens with zero attached hydrogens (tertiary/aromatic N) is 3. The molecule has 0 spiro atoms. The highest BCUT2D eigenvalue weighted by atomic mass is 32.1. The number of hydrogen-bond acceptors (Lipinski definition) is 6. The minimum absolute atomic E-state index is 0.136. The summed E-state index contributed by atoms with van der Waals surface area (Å²) in [6, 6.07) is 13.2. The third-order valence-corrected chi connectivity index (χ3v) is 5.64. The van der Waals surface area contributed by atoms with Crippen LogP contribution in [0.1, 0.15) is 31.7 Å². The van der Waals surface area contributed by atoms with Crippen LogP contribution in [-0.4, -0.2) is 20.8 Å². The van der Waals surface area contributed by atoms with Crippen molar-refractivity contribution < 1.29 is 18.3 Å². The van der Waals surface area contributed by atoms with Crippen LogP contribution in [0.15, 0.2) is 71.6 Å². The van der Waals surface area contributed by atoms with Gasteiger partial charge in [-0.2, -0.15) is 0 Å². The minimum Gasteiger partial charge on any atom is -0.486 e. The van der Waals surface area contributed by atoms with E-state index in [1.165, 1.54) is 23.5 Å². The van der Waals surface area contributed by atoms with E-state index in [2.05, 4.69) is 9.97 Å². The summed E-state index contributed by atoms with van der Waals surface area (Å²) >= 11 is 1.29. The Morgan fingerprint density at radius 1 is 1.16 bits per heavy atom. The highest BCUT2D eigenvalue weighted by Gasteiger charge is 2.23. The van der Waals surface area contributed by atoms with Crippen molar-refractivity contribution in [1.29, 1.82) is 0 Å². The minimum atomic E-state index is -0.324. The van der Waals surface area contributed by atoms with Gasteiger partial charge in [0, 0.05) is 18.9 Å². The number of furan rings is 1. The van der Waals surface area contributed by atoms with E-state index in [9.17, 15) is 9.18 Å². The van der Waals surface area contributed by atoms with Crippen molar-refractivity contribution >= 4 is 17.2 Å². The SMILES string of the molecule is Cc1nc(COc2ccc(F)cc2)sc1C(=O)N(Cc1cccnc1)Cc1ccco1. The number of pyridine rings is 1. The molecule has 0 radical (unpaired) electrons. The number of aromatic nitrogens is 2. The molecule has 6 nitrogen and oxygen atoms in total. The maximum Gasteiger partial charge on any atom is 0.266 e. The molecule has 0 unspecified atom stereocenters. The van der Waals surface area contributed by atoms with Gasteiger partial charge in [0.1, 0.15) is 33.8 Å². The number of halogens is 1. The van der Waals surface area contributed by atoms with Crippen molar-refractivity contribution in [1.82, 2.24) is 14.9 Å². The summed E-state index contributed by atoms with van der Waals surface area (Å²) in [5.41, 5.74) is 1.56. The van der Waals surface area contributed by atoms with Crippen LogP contribution >= 0.6 is 11.3 Å². The number of benzene rings is 1. The Morgan fingerprint density at radius 3 is 2.71 bits per heavy atom. The van der Waals surface area contributed by atoms with Crippen LogP contribution in [0.5, 0.6) is 5.75 Å². The summed E-state index contributed by atoms with van der Waals surface area (Å²) in [4.78, 5) is 24.3. The molecule has 4 aromatic rings. The predicted octanol–water partition coefficient (Wildman–Crippen LogP) is 5.00. The lowest BCUT2D eigenvalue weighted by molar-refractivity contribution is 0.0721. The molecule has 4 rings (SSSR count). The first-order valence-electron chi connectivity index (χ1n) is 9.64. The van der Waals surface area contributed by atoms with Crippen LogP contribution in [0.4, 0.5) is 4.39 Å². The second-order valence-electron chi connectivity index (χ2n) is 6.87. The second-order valence-corrected chi connectivity index (χ2v) is 7.95. The van der Waals surface area contributed by atoms with Crippen molar-refractivity contribution in [2.24, 2.45) is 0 Å². The maximum absolute atomic E-state index is 13.4. The Kier molecular flexibility index (Phi) is 6.37. The average molecular weight is 437 g/mol. The first-order chi connectivity index (χ1) is 15.1. The molecule has 158 valence electrons. The van der Waals surface area contributed by atoms with Crippen LogP contribution in [0.2, 0.25) is 0 Å². The van der Waals surface area contributed by atoms with Crippen LogP contribution in [-0.2, 0) is 19.7 Å². The molecule has 0 N–H and O–H groups in total. The maximum atomic E-state index is 13.4. The summed E-state index contributed by atoms with van der Waals surface area (Å²) in [5, 5.41) is 0.671. The zero-order valence-corrected chi connectivity index (χ0v) is 17.6. The lowest BCUT2D eigenvalue weighted by atomic mass is 10.2. The summed E-state index contributed by atoms with van der Waals surface area (Å²) in [5.74, 6) is 0.774. The second kappa shape index (κ2) is 9.53. The van der Waals surface area contributed by atoms with Gasteiger partial charge in [0.2, 0.25) is 0 Å². The zero-order chi connectivity index (χ0) is 21.6. The Bertz CT molecular complexity index is 1130. The molecule has 0 saturated carbocycles. The lowest BCUT2D eigenvalue weighted by Gasteiger charge is -2.21. The fourth-order valence-electron chi connectivity index (χ4n) is 3.03. The largest absolute Gasteiger partial charge is 0.486 e. The Balaban J connectivity index is 1.51. The van der Waals surface area contributed by atoms with E-state index in [1.54, 1.807) is 48.7 Å². The number of amides is 1. The number of carbonyl (C=O) groups is 1. The molecule has 1 aromatic carbocycles. The third-order valence-electron chi connectivity index (χ3n) is 4.52. The topological polar surface area (TPSA) is 68.5 Å². The molecule has 0 bridgehead atoms.